The van der Waals surface area contributed by atoms with Crippen molar-refractivity contribution < 1.29 is 0 Å². The zero-order valence-electron chi connectivity index (χ0n) is 12.8. The van der Waals surface area contributed by atoms with E-state index >= 15 is 0 Å². The highest BCUT2D eigenvalue weighted by atomic mass is 15.2. The first-order chi connectivity index (χ1) is 10.2. The van der Waals surface area contributed by atoms with Gasteiger partial charge in [-0.3, -0.25) is 0 Å². The maximum Gasteiger partial charge on any atom is 0.0375 e. The molecule has 2 heterocycles. The molecule has 0 amide bonds. The van der Waals surface area contributed by atoms with Gasteiger partial charge in [0.2, 0.25) is 0 Å². The topological polar surface area (TPSA) is 3.24 Å². The number of benzene rings is 2. The Hall–Kier alpha value is -1.76. The molecule has 2 bridgehead atoms. The Morgan fingerprint density at radius 1 is 0.762 bits per heavy atom. The van der Waals surface area contributed by atoms with E-state index in [-0.39, 0.29) is 0 Å². The van der Waals surface area contributed by atoms with E-state index in [2.05, 4.69) is 72.5 Å². The van der Waals surface area contributed by atoms with Gasteiger partial charge in [-0.15, -0.1) is 0 Å². The minimum atomic E-state index is 0.345. The summed E-state index contributed by atoms with van der Waals surface area (Å²) in [7, 11) is 0. The highest BCUT2D eigenvalue weighted by Gasteiger charge is 2.51. The van der Waals surface area contributed by atoms with Crippen molar-refractivity contribution in [3.8, 4) is 0 Å². The molecular weight excluding hydrogens is 254 g/mol. The fourth-order valence-electron chi connectivity index (χ4n) is 4.37. The van der Waals surface area contributed by atoms with Crippen LogP contribution in [-0.4, -0.2) is 12.1 Å². The monoisotopic (exact) mass is 277 g/mol. The fraction of sp³-hybridized carbons (Fsp3) is 0.400. The van der Waals surface area contributed by atoms with Gasteiger partial charge in [0.1, 0.15) is 0 Å². The van der Waals surface area contributed by atoms with Gasteiger partial charge < -0.3 is 4.90 Å². The second-order valence-electron chi connectivity index (χ2n) is 7.06. The fourth-order valence-corrected chi connectivity index (χ4v) is 4.37. The van der Waals surface area contributed by atoms with Gasteiger partial charge in [-0.2, -0.15) is 0 Å². The molecule has 1 saturated carbocycles. The molecule has 0 radical (unpaired) electrons. The summed E-state index contributed by atoms with van der Waals surface area (Å²) in [5.74, 6) is 0. The summed E-state index contributed by atoms with van der Waals surface area (Å²) < 4.78 is 0. The molecule has 0 spiro atoms. The number of hydrogen-bond acceptors (Lipinski definition) is 1. The van der Waals surface area contributed by atoms with E-state index in [1.54, 1.807) is 0 Å². The Morgan fingerprint density at radius 3 is 1.95 bits per heavy atom. The first kappa shape index (κ1) is 12.9. The number of piperidine rings is 2. The predicted octanol–water partition coefficient (Wildman–Crippen LogP) is 4.78. The summed E-state index contributed by atoms with van der Waals surface area (Å²) >= 11 is 0. The van der Waals surface area contributed by atoms with Crippen LogP contribution in [0.2, 0.25) is 0 Å². The first-order valence-corrected chi connectivity index (χ1v) is 8.10. The smallest absolute Gasteiger partial charge is 0.0375 e. The molecule has 2 aliphatic heterocycles. The van der Waals surface area contributed by atoms with E-state index in [0.717, 1.165) is 6.54 Å². The second kappa shape index (κ2) is 4.62. The van der Waals surface area contributed by atoms with Crippen molar-refractivity contribution in [2.45, 2.75) is 43.6 Å². The van der Waals surface area contributed by atoms with E-state index in [4.69, 9.17) is 0 Å². The first-order valence-electron chi connectivity index (χ1n) is 8.10. The van der Waals surface area contributed by atoms with Crippen LogP contribution in [0.3, 0.4) is 0 Å². The summed E-state index contributed by atoms with van der Waals surface area (Å²) in [5.41, 5.74) is 3.62. The van der Waals surface area contributed by atoms with Crippen LogP contribution in [0.15, 0.2) is 60.7 Å². The van der Waals surface area contributed by atoms with Crippen molar-refractivity contribution in [3.63, 3.8) is 0 Å². The van der Waals surface area contributed by atoms with E-state index in [9.17, 15) is 0 Å². The van der Waals surface area contributed by atoms with E-state index in [0.29, 0.717) is 11.0 Å². The molecule has 21 heavy (non-hydrogen) atoms. The van der Waals surface area contributed by atoms with Crippen LogP contribution in [0.4, 0.5) is 5.69 Å². The molecule has 2 saturated heterocycles. The zero-order valence-corrected chi connectivity index (χ0v) is 12.8. The molecule has 5 rings (SSSR count). The third kappa shape index (κ3) is 1.98. The van der Waals surface area contributed by atoms with Crippen LogP contribution < -0.4 is 4.90 Å². The Bertz CT molecular complexity index is 609. The van der Waals surface area contributed by atoms with Crippen LogP contribution in [0, 0.1) is 0 Å². The molecule has 108 valence electrons. The summed E-state index contributed by atoms with van der Waals surface area (Å²) in [6.07, 6.45) is 5.27. The van der Waals surface area contributed by atoms with Gasteiger partial charge in [0.05, 0.1) is 0 Å². The number of rotatable bonds is 2. The molecule has 2 aromatic rings. The summed E-state index contributed by atoms with van der Waals surface area (Å²) in [6, 6.07) is 22.2. The summed E-state index contributed by atoms with van der Waals surface area (Å²) in [6.45, 7) is 3.62. The number of hydrogen-bond donors (Lipinski definition) is 0. The van der Waals surface area contributed by atoms with Crippen molar-refractivity contribution >= 4 is 5.69 Å². The van der Waals surface area contributed by atoms with Gasteiger partial charge in [-0.05, 0) is 50.3 Å². The maximum atomic E-state index is 2.67. The molecule has 0 atom stereocenters. The number of nitrogens with zero attached hydrogens (tertiary/aromatic N) is 1. The van der Waals surface area contributed by atoms with Gasteiger partial charge in [-0.1, -0.05) is 48.5 Å². The Balaban J connectivity index is 1.74. The quantitative estimate of drug-likeness (QED) is 0.763. The van der Waals surface area contributed by atoms with Gasteiger partial charge >= 0.3 is 0 Å². The zero-order chi connectivity index (χ0) is 14.3. The van der Waals surface area contributed by atoms with Crippen LogP contribution in [0.25, 0.3) is 0 Å². The van der Waals surface area contributed by atoms with Crippen molar-refractivity contribution in [2.75, 3.05) is 11.4 Å². The van der Waals surface area contributed by atoms with Gasteiger partial charge in [-0.25, -0.2) is 0 Å². The lowest BCUT2D eigenvalue weighted by Crippen LogP contribution is -2.62. The highest BCUT2D eigenvalue weighted by molar-refractivity contribution is 5.52. The van der Waals surface area contributed by atoms with Crippen molar-refractivity contribution in [1.82, 2.24) is 0 Å². The Morgan fingerprint density at radius 2 is 1.33 bits per heavy atom. The average molecular weight is 277 g/mol. The summed E-state index contributed by atoms with van der Waals surface area (Å²) in [4.78, 5) is 2.67. The van der Waals surface area contributed by atoms with Crippen LogP contribution in [-0.2, 0) is 5.41 Å². The minimum Gasteiger partial charge on any atom is -0.365 e. The lowest BCUT2D eigenvalue weighted by Gasteiger charge is -2.60. The average Bonchev–Trinajstić information content (AvgIpc) is 2.57. The molecule has 0 unspecified atom stereocenters. The van der Waals surface area contributed by atoms with Gasteiger partial charge in [0.15, 0.2) is 0 Å². The SMILES string of the molecule is CC12CCC(c3ccccc3)(CC1)CN2c1ccccc1. The highest BCUT2D eigenvalue weighted by Crippen LogP contribution is 2.52. The third-order valence-corrected chi connectivity index (χ3v) is 5.85. The molecule has 0 aromatic heterocycles. The van der Waals surface area contributed by atoms with Crippen LogP contribution >= 0.6 is 0 Å². The largest absolute Gasteiger partial charge is 0.365 e. The molecule has 1 heteroatoms. The minimum absolute atomic E-state index is 0.345. The van der Waals surface area contributed by atoms with Crippen molar-refractivity contribution in [3.05, 3.63) is 66.2 Å². The van der Waals surface area contributed by atoms with Gasteiger partial charge in [0.25, 0.3) is 0 Å². The lowest BCUT2D eigenvalue weighted by molar-refractivity contribution is 0.140. The number of para-hydroxylation sites is 1. The maximum absolute atomic E-state index is 2.67. The molecular formula is C20H23N. The molecule has 1 aliphatic carbocycles. The second-order valence-corrected chi connectivity index (χ2v) is 7.06. The third-order valence-electron chi connectivity index (χ3n) is 5.85. The van der Waals surface area contributed by atoms with Gasteiger partial charge in [0, 0.05) is 23.2 Å². The molecule has 3 fully saturated rings. The predicted molar refractivity (Wildman–Crippen MR) is 88.8 cm³/mol. The number of anilines is 1. The molecule has 3 aliphatic rings. The van der Waals surface area contributed by atoms with Crippen LogP contribution in [0.5, 0.6) is 0 Å². The summed E-state index contributed by atoms with van der Waals surface area (Å²) in [5, 5.41) is 0. The normalized spacial score (nSPS) is 31.4. The van der Waals surface area contributed by atoms with Crippen LogP contribution in [0.1, 0.15) is 38.2 Å². The Kier molecular flexibility index (Phi) is 2.85. The van der Waals surface area contributed by atoms with Crippen molar-refractivity contribution in [1.29, 1.82) is 0 Å². The van der Waals surface area contributed by atoms with Crippen molar-refractivity contribution in [2.24, 2.45) is 0 Å². The molecule has 2 aromatic carbocycles. The van der Waals surface area contributed by atoms with E-state index in [1.165, 1.54) is 36.9 Å². The number of fused-ring (bicyclic) bond motifs is 3. The molecule has 0 N–H and O–H groups in total. The molecule has 1 nitrogen and oxygen atoms in total. The Labute approximate surface area is 127 Å². The van der Waals surface area contributed by atoms with E-state index < -0.39 is 0 Å². The van der Waals surface area contributed by atoms with E-state index in [1.807, 2.05) is 0 Å². The lowest BCUT2D eigenvalue weighted by atomic mass is 9.59. The standard InChI is InChI=1S/C20H23N/c1-19-12-14-20(15-13-19,17-8-4-2-5-9-17)16-21(19)18-10-6-3-7-11-18/h2-11H,12-16H2,1H3.